The molecule has 0 unspecified atom stereocenters. The van der Waals surface area contributed by atoms with E-state index in [1.165, 1.54) is 24.3 Å². The second-order valence-corrected chi connectivity index (χ2v) is 5.20. The lowest BCUT2D eigenvalue weighted by molar-refractivity contribution is -0.384. The van der Waals surface area contributed by atoms with Crippen molar-refractivity contribution in [2.45, 2.75) is 0 Å². The number of fused-ring (bicyclic) bond motifs is 1. The molecule has 0 saturated carbocycles. The second-order valence-electron chi connectivity index (χ2n) is 4.82. The van der Waals surface area contributed by atoms with Crippen LogP contribution in [-0.2, 0) is 0 Å². The first-order valence-corrected chi connectivity index (χ1v) is 6.96. The van der Waals surface area contributed by atoms with Crippen molar-refractivity contribution >= 4 is 34.5 Å². The highest BCUT2D eigenvalue weighted by Crippen LogP contribution is 2.29. The zero-order valence-corrected chi connectivity index (χ0v) is 12.3. The molecule has 23 heavy (non-hydrogen) atoms. The summed E-state index contributed by atoms with van der Waals surface area (Å²) in [5.74, 6) is -0.838. The molecule has 114 valence electrons. The molecule has 0 aromatic heterocycles. The van der Waals surface area contributed by atoms with Crippen LogP contribution in [0.3, 0.4) is 0 Å². The van der Waals surface area contributed by atoms with E-state index in [1.54, 1.807) is 24.3 Å². The molecule has 0 heterocycles. The van der Waals surface area contributed by atoms with Gasteiger partial charge in [-0.2, -0.15) is 0 Å². The number of non-ortho nitro benzene ring substituents is 1. The van der Waals surface area contributed by atoms with E-state index in [2.05, 4.69) is 5.32 Å². The number of nitro benzene ring substituents is 1. The van der Waals surface area contributed by atoms with Crippen LogP contribution in [0.1, 0.15) is 20.7 Å². The predicted octanol–water partition coefficient (Wildman–Crippen LogP) is 3.54. The van der Waals surface area contributed by atoms with Gasteiger partial charge in [-0.3, -0.25) is 19.7 Å². The van der Waals surface area contributed by atoms with Crippen molar-refractivity contribution < 1.29 is 14.5 Å². The van der Waals surface area contributed by atoms with Crippen LogP contribution in [0.4, 0.5) is 11.4 Å². The summed E-state index contributed by atoms with van der Waals surface area (Å²) in [5.41, 5.74) is 0.837. The minimum absolute atomic E-state index is 0.0378. The zero-order valence-electron chi connectivity index (χ0n) is 11.6. The number of Topliss-reactive ketones (excluding diaryl/α,β-unsaturated/α-hetero) is 2. The number of nitrogens with zero attached hydrogens (tertiary/aromatic N) is 1. The molecule has 2 aromatic rings. The van der Waals surface area contributed by atoms with Crippen LogP contribution in [0, 0.1) is 10.1 Å². The van der Waals surface area contributed by atoms with Gasteiger partial charge in [0.2, 0.25) is 11.6 Å². The molecule has 7 heteroatoms. The number of allylic oxidation sites excluding steroid dienone is 2. The summed E-state index contributed by atoms with van der Waals surface area (Å²) in [6.07, 6.45) is 0. The summed E-state index contributed by atoms with van der Waals surface area (Å²) >= 11 is 6.03. The Morgan fingerprint density at radius 3 is 2.04 bits per heavy atom. The van der Waals surface area contributed by atoms with Crippen LogP contribution in [0.5, 0.6) is 0 Å². The van der Waals surface area contributed by atoms with E-state index in [0.717, 1.165) is 0 Å². The summed E-state index contributed by atoms with van der Waals surface area (Å²) in [7, 11) is 0. The van der Waals surface area contributed by atoms with E-state index < -0.39 is 16.5 Å². The van der Waals surface area contributed by atoms with E-state index in [9.17, 15) is 19.7 Å². The van der Waals surface area contributed by atoms with Crippen LogP contribution >= 0.6 is 11.6 Å². The molecule has 0 spiro atoms. The number of carbonyl (C=O) groups is 2. The topological polar surface area (TPSA) is 89.3 Å². The average Bonchev–Trinajstić information content (AvgIpc) is 2.57. The summed E-state index contributed by atoms with van der Waals surface area (Å²) in [6.45, 7) is 0. The predicted molar refractivity (Wildman–Crippen MR) is 84.7 cm³/mol. The highest BCUT2D eigenvalue weighted by molar-refractivity contribution is 6.50. The van der Waals surface area contributed by atoms with Crippen molar-refractivity contribution in [1.29, 1.82) is 0 Å². The number of hydrogen-bond donors (Lipinski definition) is 1. The molecule has 0 radical (unpaired) electrons. The fourth-order valence-electron chi connectivity index (χ4n) is 2.27. The summed E-state index contributed by atoms with van der Waals surface area (Å²) in [6, 6.07) is 11.9. The Labute approximate surface area is 135 Å². The highest BCUT2D eigenvalue weighted by atomic mass is 35.5. The average molecular weight is 329 g/mol. The van der Waals surface area contributed by atoms with Gasteiger partial charge in [-0.25, -0.2) is 0 Å². The number of carbonyl (C=O) groups excluding carboxylic acids is 2. The first kappa shape index (κ1) is 14.9. The Balaban J connectivity index is 1.96. The number of rotatable bonds is 3. The number of benzene rings is 2. The Kier molecular flexibility index (Phi) is 3.67. The standard InChI is InChI=1S/C16H9ClN2O4/c17-13-14(18-9-5-7-10(8-6-9)19(22)23)16(21)12-4-2-1-3-11(12)15(13)20/h1-8,18H. The van der Waals surface area contributed by atoms with Crippen molar-refractivity contribution in [3.63, 3.8) is 0 Å². The van der Waals surface area contributed by atoms with Gasteiger partial charge in [0.05, 0.1) is 4.92 Å². The fourth-order valence-corrected chi connectivity index (χ4v) is 2.50. The van der Waals surface area contributed by atoms with Gasteiger partial charge < -0.3 is 5.32 Å². The maximum absolute atomic E-state index is 12.5. The Morgan fingerprint density at radius 1 is 0.913 bits per heavy atom. The van der Waals surface area contributed by atoms with Gasteiger partial charge in [0.25, 0.3) is 5.69 Å². The SMILES string of the molecule is O=C1C(Cl)=C(Nc2ccc([N+](=O)[O-])cc2)C(=O)c2ccccc21. The number of nitro groups is 1. The van der Waals surface area contributed by atoms with Crippen LogP contribution in [0.15, 0.2) is 59.3 Å². The first-order chi connectivity index (χ1) is 11.0. The molecule has 3 rings (SSSR count). The number of nitrogens with one attached hydrogen (secondary N) is 1. The monoisotopic (exact) mass is 328 g/mol. The van der Waals surface area contributed by atoms with Crippen LogP contribution in [-0.4, -0.2) is 16.5 Å². The molecule has 1 aliphatic carbocycles. The molecule has 0 fully saturated rings. The molecular weight excluding hydrogens is 320 g/mol. The summed E-state index contributed by atoms with van der Waals surface area (Å²) < 4.78 is 0. The van der Waals surface area contributed by atoms with Crippen molar-refractivity contribution in [2.75, 3.05) is 5.32 Å². The maximum Gasteiger partial charge on any atom is 0.269 e. The molecule has 0 bridgehead atoms. The molecular formula is C16H9ClN2O4. The number of halogens is 1. The Morgan fingerprint density at radius 2 is 1.48 bits per heavy atom. The molecule has 6 nitrogen and oxygen atoms in total. The van der Waals surface area contributed by atoms with Gasteiger partial charge in [0.15, 0.2) is 0 Å². The van der Waals surface area contributed by atoms with Gasteiger partial charge in [-0.1, -0.05) is 35.9 Å². The van der Waals surface area contributed by atoms with Gasteiger partial charge in [0.1, 0.15) is 10.7 Å². The number of ketones is 2. The Bertz CT molecular complexity index is 872. The van der Waals surface area contributed by atoms with Crippen molar-refractivity contribution in [2.24, 2.45) is 0 Å². The van der Waals surface area contributed by atoms with Gasteiger partial charge >= 0.3 is 0 Å². The maximum atomic E-state index is 12.5. The largest absolute Gasteiger partial charge is 0.351 e. The highest BCUT2D eigenvalue weighted by Gasteiger charge is 2.31. The third kappa shape index (κ3) is 2.60. The minimum atomic E-state index is -0.526. The number of anilines is 1. The van der Waals surface area contributed by atoms with Crippen molar-refractivity contribution in [3.05, 3.63) is 80.5 Å². The van der Waals surface area contributed by atoms with E-state index >= 15 is 0 Å². The number of hydrogen-bond acceptors (Lipinski definition) is 5. The van der Waals surface area contributed by atoms with Gasteiger partial charge in [0, 0.05) is 28.9 Å². The van der Waals surface area contributed by atoms with E-state index in [1.807, 2.05) is 0 Å². The van der Waals surface area contributed by atoms with Crippen LogP contribution in [0.25, 0.3) is 0 Å². The first-order valence-electron chi connectivity index (χ1n) is 6.58. The fraction of sp³-hybridized carbons (Fsp3) is 0. The Hall–Kier alpha value is -2.99. The lowest BCUT2D eigenvalue weighted by atomic mass is 9.92. The minimum Gasteiger partial charge on any atom is -0.351 e. The summed E-state index contributed by atoms with van der Waals surface area (Å²) in [5, 5.41) is 13.2. The lowest BCUT2D eigenvalue weighted by Gasteiger charge is -2.18. The molecule has 2 aromatic carbocycles. The molecule has 1 aliphatic rings. The molecule has 0 amide bonds. The van der Waals surface area contributed by atoms with Crippen LogP contribution in [0.2, 0.25) is 0 Å². The lowest BCUT2D eigenvalue weighted by Crippen LogP contribution is -2.24. The van der Waals surface area contributed by atoms with Crippen molar-refractivity contribution in [3.8, 4) is 0 Å². The van der Waals surface area contributed by atoms with Gasteiger partial charge in [-0.05, 0) is 12.1 Å². The van der Waals surface area contributed by atoms with E-state index in [-0.39, 0.29) is 27.5 Å². The molecule has 0 saturated heterocycles. The second kappa shape index (κ2) is 5.66. The zero-order chi connectivity index (χ0) is 16.6. The summed E-state index contributed by atoms with van der Waals surface area (Å²) in [4.78, 5) is 34.8. The molecule has 1 N–H and O–H groups in total. The van der Waals surface area contributed by atoms with Crippen molar-refractivity contribution in [1.82, 2.24) is 0 Å². The molecule has 0 aliphatic heterocycles. The third-order valence-corrected chi connectivity index (χ3v) is 3.77. The van der Waals surface area contributed by atoms with E-state index in [0.29, 0.717) is 5.69 Å². The normalized spacial score (nSPS) is 13.8. The quantitative estimate of drug-likeness (QED) is 0.687. The van der Waals surface area contributed by atoms with Gasteiger partial charge in [-0.15, -0.1) is 0 Å². The van der Waals surface area contributed by atoms with Crippen LogP contribution < -0.4 is 5.32 Å². The van der Waals surface area contributed by atoms with E-state index in [4.69, 9.17) is 11.6 Å². The third-order valence-electron chi connectivity index (χ3n) is 3.41. The molecule has 0 atom stereocenters. The smallest absolute Gasteiger partial charge is 0.269 e.